The van der Waals surface area contributed by atoms with E-state index in [1.165, 1.54) is 86.8 Å². The molecule has 0 aliphatic rings. The average Bonchev–Trinajstić information content (AvgIpc) is 2.55. The van der Waals surface area contributed by atoms with E-state index in [-0.39, 0.29) is 5.41 Å². The van der Waals surface area contributed by atoms with Crippen LogP contribution in [0.1, 0.15) is 96.6 Å². The van der Waals surface area contributed by atoms with E-state index in [1.54, 1.807) is 0 Å². The minimum absolute atomic E-state index is 0.271. The van der Waals surface area contributed by atoms with E-state index in [0.29, 0.717) is 0 Å². The van der Waals surface area contributed by atoms with Crippen molar-refractivity contribution in [3.05, 3.63) is 35.4 Å². The molecule has 0 saturated heterocycles. The Morgan fingerprint density at radius 3 is 1.79 bits per heavy atom. The highest BCUT2D eigenvalue weighted by Crippen LogP contribution is 2.22. The Balaban J connectivity index is 1.95. The summed E-state index contributed by atoms with van der Waals surface area (Å²) in [5, 5.41) is 0. The first-order chi connectivity index (χ1) is 11.5. The Morgan fingerprint density at radius 1 is 0.708 bits per heavy atom. The monoisotopic (exact) mass is 348 g/mol. The largest absolute Gasteiger partial charge is 0.162 e. The Hall–Kier alpha value is -0.430. The minimum Gasteiger partial charge on any atom is -0.162 e. The van der Waals surface area contributed by atoms with Gasteiger partial charge in [-0.25, -0.2) is 0 Å². The van der Waals surface area contributed by atoms with Gasteiger partial charge in [0.2, 0.25) is 0 Å². The van der Waals surface area contributed by atoms with Crippen LogP contribution in [0, 0.1) is 0 Å². The second kappa shape index (κ2) is 12.9. The normalized spacial score (nSPS) is 11.8. The number of benzene rings is 1. The zero-order valence-electron chi connectivity index (χ0n) is 16.7. The summed E-state index contributed by atoms with van der Waals surface area (Å²) in [7, 11) is 0. The van der Waals surface area contributed by atoms with Crippen molar-refractivity contribution in [1.29, 1.82) is 0 Å². The van der Waals surface area contributed by atoms with Crippen molar-refractivity contribution in [2.75, 3.05) is 11.5 Å². The molecule has 0 atom stereocenters. The first kappa shape index (κ1) is 21.6. The van der Waals surface area contributed by atoms with Crippen LogP contribution in [0.3, 0.4) is 0 Å². The van der Waals surface area contributed by atoms with Gasteiger partial charge in [-0.05, 0) is 53.7 Å². The molecule has 0 aliphatic heterocycles. The maximum Gasteiger partial charge on any atom is -0.00675 e. The number of rotatable bonds is 13. The summed E-state index contributed by atoms with van der Waals surface area (Å²) in [6, 6.07) is 9.29. The lowest BCUT2D eigenvalue weighted by atomic mass is 9.86. The van der Waals surface area contributed by atoms with E-state index in [0.717, 1.165) is 0 Å². The van der Waals surface area contributed by atoms with Gasteiger partial charge in [0.25, 0.3) is 0 Å². The molecule has 0 aromatic heterocycles. The molecule has 0 saturated carbocycles. The summed E-state index contributed by atoms with van der Waals surface area (Å²) >= 11 is 2.13. The summed E-state index contributed by atoms with van der Waals surface area (Å²) < 4.78 is 0. The van der Waals surface area contributed by atoms with Crippen LogP contribution in [0.4, 0.5) is 0 Å². The van der Waals surface area contributed by atoms with E-state index in [1.807, 2.05) is 0 Å². The molecule has 0 fully saturated rings. The highest BCUT2D eigenvalue weighted by Gasteiger charge is 2.12. The van der Waals surface area contributed by atoms with Gasteiger partial charge in [0.05, 0.1) is 0 Å². The molecule has 0 radical (unpaired) electrons. The standard InChI is InChI=1S/C23H40S/c1-5-19-24-20-13-11-9-7-6-8-10-12-14-21-15-17-22(18-16-21)23(2,3)4/h15-18H,5-14,19-20H2,1-4H3. The molecule has 0 N–H and O–H groups in total. The number of aryl methyl sites for hydroxylation is 1. The second-order valence-corrected chi connectivity index (χ2v) is 9.36. The zero-order chi connectivity index (χ0) is 17.7. The third-order valence-electron chi connectivity index (χ3n) is 4.67. The topological polar surface area (TPSA) is 0 Å². The molecule has 0 nitrogen and oxygen atoms in total. The van der Waals surface area contributed by atoms with E-state index in [9.17, 15) is 0 Å². The smallest absolute Gasteiger partial charge is 0.00675 e. The summed E-state index contributed by atoms with van der Waals surface area (Å²) in [6.45, 7) is 9.12. The molecule has 0 aliphatic carbocycles. The molecule has 0 bridgehead atoms. The fourth-order valence-electron chi connectivity index (χ4n) is 3.01. The molecule has 0 amide bonds. The first-order valence-corrected chi connectivity index (χ1v) is 11.4. The van der Waals surface area contributed by atoms with Crippen LogP contribution in [-0.2, 0) is 11.8 Å². The van der Waals surface area contributed by atoms with Crippen LogP contribution >= 0.6 is 11.8 Å². The van der Waals surface area contributed by atoms with Crippen LogP contribution in [-0.4, -0.2) is 11.5 Å². The molecule has 0 spiro atoms. The number of hydrogen-bond donors (Lipinski definition) is 0. The number of hydrogen-bond acceptors (Lipinski definition) is 1. The molecule has 24 heavy (non-hydrogen) atoms. The molecular formula is C23H40S. The fraction of sp³-hybridized carbons (Fsp3) is 0.739. The van der Waals surface area contributed by atoms with Gasteiger partial charge in [-0.1, -0.05) is 90.5 Å². The maximum absolute atomic E-state index is 2.33. The Labute approximate surface area is 156 Å². The molecule has 1 aromatic rings. The lowest BCUT2D eigenvalue weighted by molar-refractivity contribution is 0.576. The van der Waals surface area contributed by atoms with Crippen molar-refractivity contribution in [2.45, 2.75) is 97.3 Å². The van der Waals surface area contributed by atoms with E-state index in [2.05, 4.69) is 63.7 Å². The lowest BCUT2D eigenvalue weighted by Crippen LogP contribution is -2.10. The van der Waals surface area contributed by atoms with Crippen molar-refractivity contribution in [3.8, 4) is 0 Å². The summed E-state index contributed by atoms with van der Waals surface area (Å²) in [4.78, 5) is 0. The van der Waals surface area contributed by atoms with Crippen molar-refractivity contribution < 1.29 is 0 Å². The van der Waals surface area contributed by atoms with Gasteiger partial charge in [0.1, 0.15) is 0 Å². The van der Waals surface area contributed by atoms with Crippen LogP contribution in [0.15, 0.2) is 24.3 Å². The average molecular weight is 349 g/mol. The third-order valence-corrected chi connectivity index (χ3v) is 5.95. The van der Waals surface area contributed by atoms with E-state index >= 15 is 0 Å². The molecule has 1 aromatic carbocycles. The van der Waals surface area contributed by atoms with Gasteiger partial charge in [0.15, 0.2) is 0 Å². The maximum atomic E-state index is 2.33. The Morgan fingerprint density at radius 2 is 1.25 bits per heavy atom. The molecule has 1 heteroatoms. The quantitative estimate of drug-likeness (QED) is 0.328. The molecule has 1 rings (SSSR count). The molecule has 0 heterocycles. The number of unbranched alkanes of at least 4 members (excludes halogenated alkanes) is 7. The predicted octanol–water partition coefficient (Wildman–Crippen LogP) is 7.79. The SMILES string of the molecule is CCCSCCCCCCCCCCc1ccc(C(C)(C)C)cc1. The fourth-order valence-corrected chi connectivity index (χ4v) is 3.91. The van der Waals surface area contributed by atoms with Crippen LogP contribution in [0.2, 0.25) is 0 Å². The summed E-state index contributed by atoms with van der Waals surface area (Å²) in [5.41, 5.74) is 3.22. The number of thioether (sulfide) groups is 1. The van der Waals surface area contributed by atoms with E-state index in [4.69, 9.17) is 0 Å². The minimum atomic E-state index is 0.271. The van der Waals surface area contributed by atoms with Crippen molar-refractivity contribution in [1.82, 2.24) is 0 Å². The summed E-state index contributed by atoms with van der Waals surface area (Å²) in [6.07, 6.45) is 13.9. The Bertz CT molecular complexity index is 399. The third kappa shape index (κ3) is 10.4. The zero-order valence-corrected chi connectivity index (χ0v) is 17.5. The highest BCUT2D eigenvalue weighted by atomic mass is 32.2. The first-order valence-electron chi connectivity index (χ1n) is 10.2. The van der Waals surface area contributed by atoms with Gasteiger partial charge in [-0.15, -0.1) is 0 Å². The Kier molecular flexibility index (Phi) is 11.6. The predicted molar refractivity (Wildman–Crippen MR) is 113 cm³/mol. The van der Waals surface area contributed by atoms with Crippen LogP contribution < -0.4 is 0 Å². The van der Waals surface area contributed by atoms with Gasteiger partial charge in [-0.3, -0.25) is 0 Å². The summed E-state index contributed by atoms with van der Waals surface area (Å²) in [5.74, 6) is 2.72. The van der Waals surface area contributed by atoms with Crippen molar-refractivity contribution in [2.24, 2.45) is 0 Å². The van der Waals surface area contributed by atoms with Gasteiger partial charge in [-0.2, -0.15) is 11.8 Å². The van der Waals surface area contributed by atoms with Gasteiger partial charge >= 0.3 is 0 Å². The van der Waals surface area contributed by atoms with Crippen molar-refractivity contribution in [3.63, 3.8) is 0 Å². The van der Waals surface area contributed by atoms with Gasteiger partial charge in [0, 0.05) is 0 Å². The second-order valence-electron chi connectivity index (χ2n) is 8.14. The van der Waals surface area contributed by atoms with E-state index < -0.39 is 0 Å². The molecule has 138 valence electrons. The molecular weight excluding hydrogens is 308 g/mol. The lowest BCUT2D eigenvalue weighted by Gasteiger charge is -2.19. The van der Waals surface area contributed by atoms with Crippen LogP contribution in [0.5, 0.6) is 0 Å². The highest BCUT2D eigenvalue weighted by molar-refractivity contribution is 7.99. The van der Waals surface area contributed by atoms with Crippen LogP contribution in [0.25, 0.3) is 0 Å². The van der Waals surface area contributed by atoms with Crippen molar-refractivity contribution >= 4 is 11.8 Å². The van der Waals surface area contributed by atoms with Gasteiger partial charge < -0.3 is 0 Å². The molecule has 0 unspecified atom stereocenters.